The summed E-state index contributed by atoms with van der Waals surface area (Å²) in [7, 11) is -2.70. The molecule has 2 aliphatic rings. The lowest BCUT2D eigenvalue weighted by Crippen LogP contribution is -2.21. The van der Waals surface area contributed by atoms with E-state index in [1.807, 2.05) is 38.1 Å². The normalized spacial score (nSPS) is 21.5. The molecule has 4 unspecified atom stereocenters. The Balaban J connectivity index is 1.41. The first-order valence-electron chi connectivity index (χ1n) is 10.9. The number of benzene rings is 2. The summed E-state index contributed by atoms with van der Waals surface area (Å²) in [6, 6.07) is 14.5. The Morgan fingerprint density at radius 2 is 1.20 bits per heavy atom. The van der Waals surface area contributed by atoms with Crippen LogP contribution in [0.15, 0.2) is 48.5 Å². The molecule has 2 N–H and O–H groups in total. The van der Waals surface area contributed by atoms with Crippen LogP contribution in [0.3, 0.4) is 0 Å². The smallest absolute Gasteiger partial charge is 0.319 e. The Morgan fingerprint density at radius 3 is 1.53 bits per heavy atom. The molecule has 0 bridgehead atoms. The van der Waals surface area contributed by atoms with Crippen molar-refractivity contribution in [1.82, 2.24) is 0 Å². The second-order valence-electron chi connectivity index (χ2n) is 8.81. The van der Waals surface area contributed by atoms with Crippen LogP contribution >= 0.6 is 8.25 Å². The van der Waals surface area contributed by atoms with E-state index in [2.05, 4.69) is 0 Å². The topological polar surface area (TPSA) is 76.0 Å². The van der Waals surface area contributed by atoms with Crippen molar-refractivity contribution in [2.75, 3.05) is 0 Å². The second kappa shape index (κ2) is 9.13. The highest BCUT2D eigenvalue weighted by Crippen LogP contribution is 2.50. The molecule has 2 aromatic rings. The van der Waals surface area contributed by atoms with Crippen LogP contribution in [0.4, 0.5) is 0 Å². The van der Waals surface area contributed by atoms with Crippen molar-refractivity contribution in [2.45, 2.75) is 63.6 Å². The fourth-order valence-electron chi connectivity index (χ4n) is 4.71. The maximum absolute atomic E-state index is 12.8. The number of phenolic OH excluding ortho intramolecular Hbond substituents is 2. The summed E-state index contributed by atoms with van der Waals surface area (Å²) >= 11 is 0. The summed E-state index contributed by atoms with van der Waals surface area (Å²) in [4.78, 5) is 0. The Kier molecular flexibility index (Phi) is 6.52. The molecule has 2 aliphatic carbocycles. The first-order chi connectivity index (χ1) is 14.4. The van der Waals surface area contributed by atoms with Crippen LogP contribution < -0.4 is 0 Å². The van der Waals surface area contributed by atoms with Crippen molar-refractivity contribution in [3.63, 3.8) is 0 Å². The van der Waals surface area contributed by atoms with Gasteiger partial charge in [-0.1, -0.05) is 24.3 Å². The quantitative estimate of drug-likeness (QED) is 0.453. The molecular formula is C24H31O5P. The van der Waals surface area contributed by atoms with Gasteiger partial charge in [0.25, 0.3) is 0 Å². The monoisotopic (exact) mass is 430 g/mol. The van der Waals surface area contributed by atoms with Crippen LogP contribution in [0.1, 0.15) is 62.5 Å². The van der Waals surface area contributed by atoms with Gasteiger partial charge >= 0.3 is 8.25 Å². The molecule has 0 spiro atoms. The van der Waals surface area contributed by atoms with Gasteiger partial charge in [0.2, 0.25) is 0 Å². The van der Waals surface area contributed by atoms with Gasteiger partial charge in [-0.25, -0.2) is 0 Å². The summed E-state index contributed by atoms with van der Waals surface area (Å²) in [6.07, 6.45) is 3.94. The summed E-state index contributed by atoms with van der Waals surface area (Å²) in [5, 5.41) is 19.7. The highest BCUT2D eigenvalue weighted by atomic mass is 31.1. The Hall–Kier alpha value is -1.81. The molecular weight excluding hydrogens is 399 g/mol. The van der Waals surface area contributed by atoms with E-state index in [1.165, 1.54) is 0 Å². The molecule has 6 heteroatoms. The molecule has 0 amide bonds. The summed E-state index contributed by atoms with van der Waals surface area (Å²) < 4.78 is 24.6. The SMILES string of the molecule is CC(O[PH](=O)OC(C)C(c1cccc(O)c1)C1CC1)C(c1cccc(O)c1)C1CC1. The minimum absolute atomic E-state index is 0.0928. The van der Waals surface area contributed by atoms with Crippen molar-refractivity contribution in [3.8, 4) is 11.5 Å². The van der Waals surface area contributed by atoms with Crippen molar-refractivity contribution >= 4 is 8.25 Å². The fraction of sp³-hybridized carbons (Fsp3) is 0.500. The first-order valence-corrected chi connectivity index (χ1v) is 12.1. The van der Waals surface area contributed by atoms with Crippen molar-refractivity contribution in [2.24, 2.45) is 11.8 Å². The van der Waals surface area contributed by atoms with Crippen LogP contribution in [0, 0.1) is 11.8 Å². The Morgan fingerprint density at radius 1 is 0.800 bits per heavy atom. The van der Waals surface area contributed by atoms with E-state index in [4.69, 9.17) is 9.05 Å². The number of hydrogen-bond donors (Lipinski definition) is 2. The van der Waals surface area contributed by atoms with Gasteiger partial charge in [0.1, 0.15) is 11.5 Å². The third-order valence-electron chi connectivity index (χ3n) is 6.35. The summed E-state index contributed by atoms with van der Waals surface area (Å²) in [6.45, 7) is 3.88. The van der Waals surface area contributed by atoms with E-state index in [1.54, 1.807) is 24.3 Å². The molecule has 4 atom stereocenters. The van der Waals surface area contributed by atoms with Crippen LogP contribution in [0.5, 0.6) is 11.5 Å². The second-order valence-corrected chi connectivity index (χ2v) is 9.78. The van der Waals surface area contributed by atoms with E-state index < -0.39 is 8.25 Å². The van der Waals surface area contributed by atoms with Crippen LogP contribution in [-0.2, 0) is 13.6 Å². The molecule has 30 heavy (non-hydrogen) atoms. The number of rotatable bonds is 10. The first kappa shape index (κ1) is 21.4. The molecule has 2 fully saturated rings. The zero-order valence-electron chi connectivity index (χ0n) is 17.5. The van der Waals surface area contributed by atoms with Crippen LogP contribution in [0.2, 0.25) is 0 Å². The van der Waals surface area contributed by atoms with Gasteiger partial charge in [-0.3, -0.25) is 4.57 Å². The van der Waals surface area contributed by atoms with Gasteiger partial charge in [0.05, 0.1) is 12.2 Å². The zero-order valence-corrected chi connectivity index (χ0v) is 18.5. The standard InChI is InChI=1S/C24H31O5P/c1-15(23(17-9-10-17)19-5-3-7-21(25)13-19)28-30(27)29-16(2)24(18-11-12-18)20-6-4-8-22(26)14-20/h3-8,13-18,23-26,30H,9-12H2,1-2H3. The average molecular weight is 430 g/mol. The Labute approximate surface area is 179 Å². The lowest BCUT2D eigenvalue weighted by atomic mass is 9.89. The minimum Gasteiger partial charge on any atom is -0.508 e. The molecule has 2 saturated carbocycles. The van der Waals surface area contributed by atoms with Crippen molar-refractivity contribution in [3.05, 3.63) is 59.7 Å². The van der Waals surface area contributed by atoms with Crippen LogP contribution in [-0.4, -0.2) is 22.4 Å². The molecule has 0 heterocycles. The third kappa shape index (κ3) is 5.26. The van der Waals surface area contributed by atoms with E-state index in [0.717, 1.165) is 36.8 Å². The largest absolute Gasteiger partial charge is 0.508 e. The van der Waals surface area contributed by atoms with E-state index in [9.17, 15) is 14.8 Å². The molecule has 162 valence electrons. The maximum Gasteiger partial charge on any atom is 0.319 e. The van der Waals surface area contributed by atoms with E-state index in [0.29, 0.717) is 11.8 Å². The van der Waals surface area contributed by atoms with Gasteiger partial charge < -0.3 is 19.3 Å². The zero-order chi connectivity index (χ0) is 21.3. The Bertz CT molecular complexity index is 821. The van der Waals surface area contributed by atoms with Gasteiger partial charge in [-0.15, -0.1) is 0 Å². The molecule has 5 nitrogen and oxygen atoms in total. The minimum atomic E-state index is -2.70. The molecule has 4 rings (SSSR count). The molecule has 0 aliphatic heterocycles. The molecule has 0 saturated heterocycles. The predicted octanol–water partition coefficient (Wildman–Crippen LogP) is 5.99. The average Bonchev–Trinajstić information content (AvgIpc) is 3.57. The van der Waals surface area contributed by atoms with Crippen LogP contribution in [0.25, 0.3) is 0 Å². The number of hydrogen-bond acceptors (Lipinski definition) is 5. The fourth-order valence-corrected chi connectivity index (χ4v) is 5.66. The third-order valence-corrected chi connectivity index (χ3v) is 7.47. The predicted molar refractivity (Wildman–Crippen MR) is 117 cm³/mol. The molecule has 2 aromatic carbocycles. The number of phenols is 2. The van der Waals surface area contributed by atoms with Crippen molar-refractivity contribution in [1.29, 1.82) is 0 Å². The van der Waals surface area contributed by atoms with Crippen molar-refractivity contribution < 1.29 is 23.8 Å². The lowest BCUT2D eigenvalue weighted by molar-refractivity contribution is 0.110. The van der Waals surface area contributed by atoms with E-state index >= 15 is 0 Å². The summed E-state index contributed by atoms with van der Waals surface area (Å²) in [5.74, 6) is 1.63. The molecule has 0 radical (unpaired) electrons. The number of aromatic hydroxyl groups is 2. The molecule has 0 aromatic heterocycles. The maximum atomic E-state index is 12.8. The van der Waals surface area contributed by atoms with Gasteiger partial charge in [-0.2, -0.15) is 0 Å². The van der Waals surface area contributed by atoms with Gasteiger partial charge in [0, 0.05) is 11.8 Å². The summed E-state index contributed by atoms with van der Waals surface area (Å²) in [5.41, 5.74) is 2.03. The van der Waals surface area contributed by atoms with Gasteiger partial charge in [0.15, 0.2) is 0 Å². The highest BCUT2D eigenvalue weighted by Gasteiger charge is 2.39. The van der Waals surface area contributed by atoms with E-state index in [-0.39, 0.29) is 35.5 Å². The van der Waals surface area contributed by atoms with Gasteiger partial charge in [-0.05, 0) is 86.8 Å². The lowest BCUT2D eigenvalue weighted by Gasteiger charge is -2.27. The highest BCUT2D eigenvalue weighted by molar-refractivity contribution is 7.33.